The van der Waals surface area contributed by atoms with E-state index in [9.17, 15) is 4.79 Å². The van der Waals surface area contributed by atoms with E-state index in [0.29, 0.717) is 12.3 Å². The second-order valence-electron chi connectivity index (χ2n) is 6.09. The number of rotatable bonds is 15. The van der Waals surface area contributed by atoms with Crippen molar-refractivity contribution in [2.24, 2.45) is 11.7 Å². The van der Waals surface area contributed by atoms with Crippen LogP contribution in [0.3, 0.4) is 0 Å². The van der Waals surface area contributed by atoms with E-state index in [4.69, 9.17) is 5.73 Å². The van der Waals surface area contributed by atoms with Gasteiger partial charge in [-0.05, 0) is 12.8 Å². The molecule has 0 saturated heterocycles. The van der Waals surface area contributed by atoms with Crippen LogP contribution in [0.25, 0.3) is 0 Å². The SMILES string of the molecule is CCCCCCCCCCCCCC(=O)C(CC)CN. The van der Waals surface area contributed by atoms with Gasteiger partial charge in [-0.15, -0.1) is 0 Å². The Kier molecular flexibility index (Phi) is 14.7. The van der Waals surface area contributed by atoms with E-state index < -0.39 is 0 Å². The Labute approximate surface area is 126 Å². The predicted octanol–water partition coefficient (Wildman–Crippen LogP) is 5.24. The van der Waals surface area contributed by atoms with Crippen molar-refractivity contribution in [3.63, 3.8) is 0 Å². The monoisotopic (exact) mass is 283 g/mol. The van der Waals surface area contributed by atoms with Gasteiger partial charge < -0.3 is 5.73 Å². The molecule has 0 fully saturated rings. The topological polar surface area (TPSA) is 43.1 Å². The van der Waals surface area contributed by atoms with Gasteiger partial charge in [0.2, 0.25) is 0 Å². The average molecular weight is 284 g/mol. The molecule has 0 saturated carbocycles. The molecule has 0 aromatic heterocycles. The Balaban J connectivity index is 3.22. The second kappa shape index (κ2) is 15.0. The lowest BCUT2D eigenvalue weighted by Gasteiger charge is -2.10. The molecule has 2 heteroatoms. The Hall–Kier alpha value is -0.370. The molecule has 2 nitrogen and oxygen atoms in total. The summed E-state index contributed by atoms with van der Waals surface area (Å²) in [4.78, 5) is 11.8. The van der Waals surface area contributed by atoms with Crippen molar-refractivity contribution >= 4 is 5.78 Å². The summed E-state index contributed by atoms with van der Waals surface area (Å²) in [5.41, 5.74) is 5.59. The van der Waals surface area contributed by atoms with Crippen molar-refractivity contribution in [1.82, 2.24) is 0 Å². The zero-order valence-electron chi connectivity index (χ0n) is 14.0. The highest BCUT2D eigenvalue weighted by molar-refractivity contribution is 5.81. The summed E-state index contributed by atoms with van der Waals surface area (Å²) < 4.78 is 0. The maximum absolute atomic E-state index is 11.8. The molecule has 2 N–H and O–H groups in total. The molecule has 0 rings (SSSR count). The van der Waals surface area contributed by atoms with Crippen molar-refractivity contribution in [3.05, 3.63) is 0 Å². The third-order valence-corrected chi connectivity index (χ3v) is 4.26. The van der Waals surface area contributed by atoms with Crippen molar-refractivity contribution < 1.29 is 4.79 Å². The quantitative estimate of drug-likeness (QED) is 0.418. The molecule has 0 aliphatic carbocycles. The molecule has 1 atom stereocenters. The number of unbranched alkanes of at least 4 members (excludes halogenated alkanes) is 10. The number of carbonyl (C=O) groups is 1. The molecule has 0 bridgehead atoms. The first-order valence-electron chi connectivity index (χ1n) is 8.99. The summed E-state index contributed by atoms with van der Waals surface area (Å²) in [5.74, 6) is 0.490. The van der Waals surface area contributed by atoms with Crippen LogP contribution in [0, 0.1) is 5.92 Å². The van der Waals surface area contributed by atoms with Gasteiger partial charge >= 0.3 is 0 Å². The van der Waals surface area contributed by atoms with Crippen LogP contribution in [0.5, 0.6) is 0 Å². The van der Waals surface area contributed by atoms with E-state index in [0.717, 1.165) is 19.3 Å². The zero-order chi connectivity index (χ0) is 15.1. The van der Waals surface area contributed by atoms with Crippen LogP contribution in [0.2, 0.25) is 0 Å². The number of carbonyl (C=O) groups excluding carboxylic acids is 1. The van der Waals surface area contributed by atoms with Crippen LogP contribution in [0.1, 0.15) is 97.3 Å². The van der Waals surface area contributed by atoms with Crippen LogP contribution in [-0.2, 0) is 4.79 Å². The third kappa shape index (κ3) is 11.5. The fourth-order valence-electron chi connectivity index (χ4n) is 2.69. The number of ketones is 1. The minimum absolute atomic E-state index is 0.109. The fourth-order valence-corrected chi connectivity index (χ4v) is 2.69. The van der Waals surface area contributed by atoms with Gasteiger partial charge in [0.05, 0.1) is 0 Å². The first kappa shape index (κ1) is 19.6. The maximum atomic E-state index is 11.8. The largest absolute Gasteiger partial charge is 0.330 e. The number of nitrogens with two attached hydrogens (primary N) is 1. The van der Waals surface area contributed by atoms with Crippen LogP contribution in [0.15, 0.2) is 0 Å². The molecule has 0 amide bonds. The lowest BCUT2D eigenvalue weighted by molar-refractivity contribution is -0.122. The van der Waals surface area contributed by atoms with Gasteiger partial charge in [0.1, 0.15) is 5.78 Å². The Bertz CT molecular complexity index is 211. The van der Waals surface area contributed by atoms with Crippen molar-refractivity contribution in [2.45, 2.75) is 97.3 Å². The van der Waals surface area contributed by atoms with Gasteiger partial charge in [-0.1, -0.05) is 78.1 Å². The maximum Gasteiger partial charge on any atom is 0.137 e. The van der Waals surface area contributed by atoms with E-state index >= 15 is 0 Å². The normalized spacial score (nSPS) is 12.6. The van der Waals surface area contributed by atoms with E-state index in [2.05, 4.69) is 13.8 Å². The lowest BCUT2D eigenvalue weighted by Crippen LogP contribution is -2.22. The number of hydrogen-bond donors (Lipinski definition) is 1. The first-order chi connectivity index (χ1) is 9.76. The highest BCUT2D eigenvalue weighted by Crippen LogP contribution is 2.13. The molecule has 0 spiro atoms. The van der Waals surface area contributed by atoms with Crippen LogP contribution in [0.4, 0.5) is 0 Å². The van der Waals surface area contributed by atoms with Gasteiger partial charge in [-0.3, -0.25) is 4.79 Å². The Morgan fingerprint density at radius 2 is 1.25 bits per heavy atom. The lowest BCUT2D eigenvalue weighted by atomic mass is 9.96. The van der Waals surface area contributed by atoms with E-state index in [-0.39, 0.29) is 5.92 Å². The summed E-state index contributed by atoms with van der Waals surface area (Å²) in [6.07, 6.45) is 16.3. The standard InChI is InChI=1S/C18H37NO/c1-3-5-6-7-8-9-10-11-12-13-14-15-18(20)17(4-2)16-19/h17H,3-16,19H2,1-2H3. The zero-order valence-corrected chi connectivity index (χ0v) is 14.0. The molecular formula is C18H37NO. The van der Waals surface area contributed by atoms with Crippen LogP contribution < -0.4 is 5.73 Å². The number of Topliss-reactive ketones (excluding diaryl/α,β-unsaturated/α-hetero) is 1. The first-order valence-corrected chi connectivity index (χ1v) is 8.99. The van der Waals surface area contributed by atoms with E-state index in [1.165, 1.54) is 64.2 Å². The van der Waals surface area contributed by atoms with Gasteiger partial charge in [0, 0.05) is 18.9 Å². The fraction of sp³-hybridized carbons (Fsp3) is 0.944. The molecule has 1 unspecified atom stereocenters. The van der Waals surface area contributed by atoms with Crippen LogP contribution in [-0.4, -0.2) is 12.3 Å². The average Bonchev–Trinajstić information content (AvgIpc) is 2.46. The smallest absolute Gasteiger partial charge is 0.137 e. The van der Waals surface area contributed by atoms with E-state index in [1.807, 2.05) is 0 Å². The molecule has 0 aliphatic heterocycles. The summed E-state index contributed by atoms with van der Waals surface area (Å²) >= 11 is 0. The minimum Gasteiger partial charge on any atom is -0.330 e. The Morgan fingerprint density at radius 3 is 1.65 bits per heavy atom. The van der Waals surface area contributed by atoms with E-state index in [1.54, 1.807) is 0 Å². The molecular weight excluding hydrogens is 246 g/mol. The summed E-state index contributed by atoms with van der Waals surface area (Å²) in [6, 6.07) is 0. The second-order valence-corrected chi connectivity index (χ2v) is 6.09. The highest BCUT2D eigenvalue weighted by atomic mass is 16.1. The van der Waals surface area contributed by atoms with Gasteiger partial charge in [0.25, 0.3) is 0 Å². The minimum atomic E-state index is 0.109. The summed E-state index contributed by atoms with van der Waals surface area (Å²) in [5, 5.41) is 0. The third-order valence-electron chi connectivity index (χ3n) is 4.26. The van der Waals surface area contributed by atoms with Gasteiger partial charge in [-0.2, -0.15) is 0 Å². The van der Waals surface area contributed by atoms with Gasteiger partial charge in [-0.25, -0.2) is 0 Å². The summed E-state index contributed by atoms with van der Waals surface area (Å²) in [6.45, 7) is 4.84. The van der Waals surface area contributed by atoms with Crippen molar-refractivity contribution in [2.75, 3.05) is 6.54 Å². The Morgan fingerprint density at radius 1 is 0.800 bits per heavy atom. The molecule has 0 aromatic carbocycles. The molecule has 0 heterocycles. The van der Waals surface area contributed by atoms with Gasteiger partial charge in [0.15, 0.2) is 0 Å². The molecule has 0 aliphatic rings. The molecule has 0 aromatic rings. The number of hydrogen-bond acceptors (Lipinski definition) is 2. The van der Waals surface area contributed by atoms with Crippen molar-refractivity contribution in [3.8, 4) is 0 Å². The van der Waals surface area contributed by atoms with Crippen LogP contribution >= 0.6 is 0 Å². The highest BCUT2D eigenvalue weighted by Gasteiger charge is 2.13. The predicted molar refractivity (Wildman–Crippen MR) is 88.9 cm³/mol. The van der Waals surface area contributed by atoms with Crippen molar-refractivity contribution in [1.29, 1.82) is 0 Å². The molecule has 20 heavy (non-hydrogen) atoms. The molecule has 120 valence electrons. The molecule has 0 radical (unpaired) electrons. The summed E-state index contributed by atoms with van der Waals surface area (Å²) in [7, 11) is 0.